The zero-order chi connectivity index (χ0) is 16.6. The lowest BCUT2D eigenvalue weighted by Crippen LogP contribution is -2.12. The van der Waals surface area contributed by atoms with E-state index in [4.69, 9.17) is 5.73 Å². The summed E-state index contributed by atoms with van der Waals surface area (Å²) in [5.74, 6) is -0.964. The first-order chi connectivity index (χ1) is 10.9. The van der Waals surface area contributed by atoms with Crippen LogP contribution in [0.4, 0.5) is 17.6 Å². The Morgan fingerprint density at radius 3 is 2.30 bits per heavy atom. The van der Waals surface area contributed by atoms with Crippen molar-refractivity contribution in [2.24, 2.45) is 10.7 Å². The molecule has 3 rings (SSSR count). The van der Waals surface area contributed by atoms with E-state index in [1.807, 2.05) is 0 Å². The fourth-order valence-corrected chi connectivity index (χ4v) is 2.49. The predicted molar refractivity (Wildman–Crippen MR) is 80.5 cm³/mol. The minimum absolute atomic E-state index is 0.0218. The smallest absolute Gasteiger partial charge is 0.398 e. The summed E-state index contributed by atoms with van der Waals surface area (Å²) in [6.07, 6.45) is -2.90. The molecule has 0 unspecified atom stereocenters. The van der Waals surface area contributed by atoms with E-state index >= 15 is 0 Å². The van der Waals surface area contributed by atoms with Crippen molar-refractivity contribution < 1.29 is 17.6 Å². The SMILES string of the molecule is NC1=CCN=C(c2ccc(C(F)(F)F)cc2F)c2ccccc21. The maximum Gasteiger partial charge on any atom is 0.416 e. The second-order valence-electron chi connectivity index (χ2n) is 5.09. The Kier molecular flexibility index (Phi) is 3.67. The average Bonchev–Trinajstić information content (AvgIpc) is 2.66. The highest BCUT2D eigenvalue weighted by atomic mass is 19.4. The Morgan fingerprint density at radius 1 is 0.957 bits per heavy atom. The van der Waals surface area contributed by atoms with Crippen molar-refractivity contribution in [2.45, 2.75) is 6.18 Å². The first-order valence-electron chi connectivity index (χ1n) is 6.85. The molecule has 118 valence electrons. The molecule has 1 aliphatic rings. The molecule has 1 aliphatic heterocycles. The Labute approximate surface area is 130 Å². The molecule has 2 N–H and O–H groups in total. The van der Waals surface area contributed by atoms with Crippen molar-refractivity contribution in [3.8, 4) is 0 Å². The summed E-state index contributed by atoms with van der Waals surface area (Å²) in [6, 6.07) is 9.46. The zero-order valence-corrected chi connectivity index (χ0v) is 11.9. The third-order valence-corrected chi connectivity index (χ3v) is 3.61. The molecular formula is C17H12F4N2. The summed E-state index contributed by atoms with van der Waals surface area (Å²) in [6.45, 7) is 0.232. The largest absolute Gasteiger partial charge is 0.416 e. The number of aliphatic imine (C=N–C) groups is 1. The van der Waals surface area contributed by atoms with Gasteiger partial charge in [0, 0.05) is 22.4 Å². The molecule has 2 nitrogen and oxygen atoms in total. The number of hydrogen-bond donors (Lipinski definition) is 1. The van der Waals surface area contributed by atoms with E-state index in [1.54, 1.807) is 30.3 Å². The van der Waals surface area contributed by atoms with Crippen LogP contribution in [0, 0.1) is 5.82 Å². The normalized spacial score (nSPS) is 14.6. The lowest BCUT2D eigenvalue weighted by atomic mass is 9.95. The Balaban J connectivity index is 2.13. The van der Waals surface area contributed by atoms with E-state index in [-0.39, 0.29) is 12.1 Å². The third kappa shape index (κ3) is 2.84. The summed E-state index contributed by atoms with van der Waals surface area (Å²) >= 11 is 0. The van der Waals surface area contributed by atoms with E-state index in [0.29, 0.717) is 28.6 Å². The molecule has 2 aromatic rings. The highest BCUT2D eigenvalue weighted by Crippen LogP contribution is 2.31. The van der Waals surface area contributed by atoms with Crippen molar-refractivity contribution in [3.63, 3.8) is 0 Å². The van der Waals surface area contributed by atoms with Gasteiger partial charge in [0.2, 0.25) is 0 Å². The lowest BCUT2D eigenvalue weighted by molar-refractivity contribution is -0.137. The fourth-order valence-electron chi connectivity index (χ4n) is 2.49. The number of hydrogen-bond acceptors (Lipinski definition) is 2. The highest BCUT2D eigenvalue weighted by molar-refractivity contribution is 6.15. The molecule has 0 aromatic heterocycles. The van der Waals surface area contributed by atoms with E-state index in [9.17, 15) is 17.6 Å². The first-order valence-corrected chi connectivity index (χ1v) is 6.85. The van der Waals surface area contributed by atoms with Crippen molar-refractivity contribution in [1.82, 2.24) is 0 Å². The molecule has 0 fully saturated rings. The van der Waals surface area contributed by atoms with Gasteiger partial charge in [-0.3, -0.25) is 4.99 Å². The Hall–Kier alpha value is -2.63. The van der Waals surface area contributed by atoms with Gasteiger partial charge in [0.1, 0.15) is 5.82 Å². The molecule has 6 heteroatoms. The maximum absolute atomic E-state index is 14.3. The molecule has 0 radical (unpaired) electrons. The van der Waals surface area contributed by atoms with Gasteiger partial charge in [-0.1, -0.05) is 24.3 Å². The number of nitrogens with zero attached hydrogens (tertiary/aromatic N) is 1. The van der Waals surface area contributed by atoms with Gasteiger partial charge in [0.15, 0.2) is 0 Å². The topological polar surface area (TPSA) is 38.4 Å². The summed E-state index contributed by atoms with van der Waals surface area (Å²) in [7, 11) is 0. The van der Waals surface area contributed by atoms with Gasteiger partial charge >= 0.3 is 6.18 Å². The molecule has 0 saturated carbocycles. The molecule has 0 spiro atoms. The molecule has 0 amide bonds. The monoisotopic (exact) mass is 320 g/mol. The van der Waals surface area contributed by atoms with Gasteiger partial charge in [-0.05, 0) is 24.3 Å². The standard InChI is InChI=1S/C17H12F4N2/c18-14-9-10(17(19,20)21)5-6-13(14)16-12-4-2-1-3-11(12)15(22)7-8-23-16/h1-7,9H,8,22H2. The van der Waals surface area contributed by atoms with Gasteiger partial charge in [0.25, 0.3) is 0 Å². The van der Waals surface area contributed by atoms with Crippen molar-refractivity contribution in [1.29, 1.82) is 0 Å². The minimum Gasteiger partial charge on any atom is -0.398 e. The van der Waals surface area contributed by atoms with Crippen LogP contribution in [0.15, 0.2) is 53.5 Å². The molecular weight excluding hydrogens is 308 g/mol. The maximum atomic E-state index is 14.3. The average molecular weight is 320 g/mol. The van der Waals surface area contributed by atoms with Gasteiger partial charge in [0.05, 0.1) is 17.8 Å². The molecule has 0 saturated heterocycles. The number of rotatable bonds is 1. The van der Waals surface area contributed by atoms with E-state index in [1.165, 1.54) is 0 Å². The van der Waals surface area contributed by atoms with E-state index in [0.717, 1.165) is 12.1 Å². The summed E-state index contributed by atoms with van der Waals surface area (Å²) in [4.78, 5) is 4.28. The van der Waals surface area contributed by atoms with Crippen molar-refractivity contribution >= 4 is 11.4 Å². The van der Waals surface area contributed by atoms with Crippen LogP contribution in [-0.4, -0.2) is 12.3 Å². The van der Waals surface area contributed by atoms with Crippen LogP contribution in [0.2, 0.25) is 0 Å². The predicted octanol–water partition coefficient (Wildman–Crippen LogP) is 4.00. The number of halogens is 4. The molecule has 2 aromatic carbocycles. The van der Waals surface area contributed by atoms with Crippen LogP contribution in [0.3, 0.4) is 0 Å². The summed E-state index contributed by atoms with van der Waals surface area (Å²) in [5.41, 5.74) is 7.02. The van der Waals surface area contributed by atoms with Gasteiger partial charge in [-0.15, -0.1) is 0 Å². The number of nitrogens with two attached hydrogens (primary N) is 1. The van der Waals surface area contributed by atoms with Crippen molar-refractivity contribution in [2.75, 3.05) is 6.54 Å². The summed E-state index contributed by atoms with van der Waals surface area (Å²) < 4.78 is 52.3. The van der Waals surface area contributed by atoms with Crippen LogP contribution >= 0.6 is 0 Å². The minimum atomic E-state index is -4.59. The summed E-state index contributed by atoms with van der Waals surface area (Å²) in [5, 5.41) is 0. The van der Waals surface area contributed by atoms with Gasteiger partial charge in [-0.25, -0.2) is 4.39 Å². The van der Waals surface area contributed by atoms with Gasteiger partial charge in [-0.2, -0.15) is 13.2 Å². The lowest BCUT2D eigenvalue weighted by Gasteiger charge is -2.13. The molecule has 23 heavy (non-hydrogen) atoms. The quantitative estimate of drug-likeness (QED) is 0.793. The molecule has 1 heterocycles. The first kappa shape index (κ1) is 15.3. The van der Waals surface area contributed by atoms with Crippen LogP contribution in [0.1, 0.15) is 22.3 Å². The Bertz CT molecular complexity index is 820. The molecule has 0 bridgehead atoms. The van der Waals surface area contributed by atoms with Crippen molar-refractivity contribution in [3.05, 3.63) is 76.6 Å². The zero-order valence-electron chi connectivity index (χ0n) is 11.9. The number of alkyl halides is 3. The second kappa shape index (κ2) is 5.53. The van der Waals surface area contributed by atoms with E-state index in [2.05, 4.69) is 4.99 Å². The fraction of sp³-hybridized carbons (Fsp3) is 0.118. The van der Waals surface area contributed by atoms with Crippen LogP contribution < -0.4 is 5.73 Å². The Morgan fingerprint density at radius 2 is 1.65 bits per heavy atom. The molecule has 0 atom stereocenters. The highest BCUT2D eigenvalue weighted by Gasteiger charge is 2.31. The van der Waals surface area contributed by atoms with Crippen LogP contribution in [0.5, 0.6) is 0 Å². The third-order valence-electron chi connectivity index (χ3n) is 3.61. The second-order valence-corrected chi connectivity index (χ2v) is 5.09. The number of benzene rings is 2. The van der Waals surface area contributed by atoms with Crippen LogP contribution in [0.25, 0.3) is 5.70 Å². The molecule has 0 aliphatic carbocycles. The van der Waals surface area contributed by atoms with Crippen LogP contribution in [-0.2, 0) is 6.18 Å². The van der Waals surface area contributed by atoms with E-state index < -0.39 is 17.6 Å². The number of fused-ring (bicyclic) bond motifs is 1. The van der Waals surface area contributed by atoms with Gasteiger partial charge < -0.3 is 5.73 Å².